The molecule has 0 saturated carbocycles. The van der Waals surface area contributed by atoms with Crippen LogP contribution in [-0.2, 0) is 16.1 Å². The van der Waals surface area contributed by atoms with Crippen molar-refractivity contribution in [3.63, 3.8) is 0 Å². The van der Waals surface area contributed by atoms with Gasteiger partial charge in [-0.2, -0.15) is 0 Å². The Morgan fingerprint density at radius 3 is 2.84 bits per heavy atom. The van der Waals surface area contributed by atoms with E-state index in [-0.39, 0.29) is 11.9 Å². The zero-order chi connectivity index (χ0) is 18.2. The number of carbonyl (C=O) groups excluding carboxylic acids is 1. The van der Waals surface area contributed by atoms with E-state index in [1.54, 1.807) is 14.2 Å². The smallest absolute Gasteiger partial charge is 0.237 e. The summed E-state index contributed by atoms with van der Waals surface area (Å²) in [4.78, 5) is 17.2. The Balaban J connectivity index is 1.81. The van der Waals surface area contributed by atoms with Crippen LogP contribution in [0.1, 0.15) is 19.4 Å². The molecular formula is C19H31N3O3. The van der Waals surface area contributed by atoms with Gasteiger partial charge < -0.3 is 14.8 Å². The molecule has 1 aliphatic rings. The summed E-state index contributed by atoms with van der Waals surface area (Å²) in [5.74, 6) is 0.876. The molecule has 1 saturated heterocycles. The third-order valence-electron chi connectivity index (χ3n) is 4.91. The first-order valence-electron chi connectivity index (χ1n) is 8.92. The molecule has 0 spiro atoms. The third-order valence-corrected chi connectivity index (χ3v) is 4.91. The van der Waals surface area contributed by atoms with Gasteiger partial charge in [0.25, 0.3) is 0 Å². The van der Waals surface area contributed by atoms with Gasteiger partial charge in [-0.15, -0.1) is 0 Å². The van der Waals surface area contributed by atoms with Gasteiger partial charge in [0, 0.05) is 45.9 Å². The minimum atomic E-state index is -0.127. The van der Waals surface area contributed by atoms with Crippen LogP contribution in [0.2, 0.25) is 0 Å². The van der Waals surface area contributed by atoms with Crippen LogP contribution in [0.5, 0.6) is 5.75 Å². The van der Waals surface area contributed by atoms with Crippen molar-refractivity contribution < 1.29 is 14.3 Å². The van der Waals surface area contributed by atoms with Crippen molar-refractivity contribution in [3.8, 4) is 5.75 Å². The zero-order valence-electron chi connectivity index (χ0n) is 15.8. The highest BCUT2D eigenvalue weighted by molar-refractivity contribution is 5.81. The molecule has 1 aromatic carbocycles. The Kier molecular flexibility index (Phi) is 7.68. The summed E-state index contributed by atoms with van der Waals surface area (Å²) in [6.45, 7) is 9.19. The maximum atomic E-state index is 12.5. The first-order valence-corrected chi connectivity index (χ1v) is 8.92. The molecule has 6 nitrogen and oxygen atoms in total. The van der Waals surface area contributed by atoms with Crippen LogP contribution in [0, 0.1) is 0 Å². The molecule has 1 N–H and O–H groups in total. The normalized spacial score (nSPS) is 20.2. The van der Waals surface area contributed by atoms with Gasteiger partial charge in [0.2, 0.25) is 5.91 Å². The van der Waals surface area contributed by atoms with E-state index < -0.39 is 0 Å². The van der Waals surface area contributed by atoms with Crippen LogP contribution in [0.4, 0.5) is 0 Å². The topological polar surface area (TPSA) is 54.0 Å². The van der Waals surface area contributed by atoms with Gasteiger partial charge in [0.05, 0.1) is 19.8 Å². The van der Waals surface area contributed by atoms with Crippen LogP contribution in [0.3, 0.4) is 0 Å². The van der Waals surface area contributed by atoms with Gasteiger partial charge in [-0.1, -0.05) is 12.1 Å². The number of benzene rings is 1. The van der Waals surface area contributed by atoms with Crippen molar-refractivity contribution in [1.82, 2.24) is 15.1 Å². The van der Waals surface area contributed by atoms with Crippen molar-refractivity contribution in [1.29, 1.82) is 0 Å². The lowest BCUT2D eigenvalue weighted by atomic mass is 10.1. The van der Waals surface area contributed by atoms with Crippen LogP contribution in [0.25, 0.3) is 0 Å². The Hall–Kier alpha value is -1.63. The number of ether oxygens (including phenoxy) is 2. The molecule has 140 valence electrons. The van der Waals surface area contributed by atoms with Gasteiger partial charge in [0.15, 0.2) is 0 Å². The molecule has 0 unspecified atom stereocenters. The molecular weight excluding hydrogens is 318 g/mol. The Morgan fingerprint density at radius 2 is 2.16 bits per heavy atom. The van der Waals surface area contributed by atoms with E-state index in [0.29, 0.717) is 12.6 Å². The number of nitrogens with zero attached hydrogens (tertiary/aromatic N) is 2. The van der Waals surface area contributed by atoms with E-state index in [0.717, 1.165) is 44.1 Å². The fourth-order valence-electron chi connectivity index (χ4n) is 3.20. The van der Waals surface area contributed by atoms with E-state index in [2.05, 4.69) is 22.0 Å². The summed E-state index contributed by atoms with van der Waals surface area (Å²) < 4.78 is 10.4. The summed E-state index contributed by atoms with van der Waals surface area (Å²) in [7, 11) is 3.38. The van der Waals surface area contributed by atoms with Gasteiger partial charge in [-0.05, 0) is 31.5 Å². The highest BCUT2D eigenvalue weighted by Crippen LogP contribution is 2.14. The fraction of sp³-hybridized carbons (Fsp3) is 0.632. The molecule has 1 aromatic rings. The molecule has 0 aliphatic carbocycles. The summed E-state index contributed by atoms with van der Waals surface area (Å²) in [5.41, 5.74) is 1.04. The maximum absolute atomic E-state index is 12.5. The van der Waals surface area contributed by atoms with Crippen LogP contribution < -0.4 is 10.1 Å². The Labute approximate surface area is 151 Å². The monoisotopic (exact) mass is 349 g/mol. The van der Waals surface area contributed by atoms with Crippen LogP contribution in [0.15, 0.2) is 24.3 Å². The number of hydrogen-bond acceptors (Lipinski definition) is 5. The molecule has 0 aromatic heterocycles. The van der Waals surface area contributed by atoms with E-state index in [9.17, 15) is 4.79 Å². The highest BCUT2D eigenvalue weighted by Gasteiger charge is 2.29. The van der Waals surface area contributed by atoms with E-state index in [4.69, 9.17) is 9.47 Å². The maximum Gasteiger partial charge on any atom is 0.237 e. The second kappa shape index (κ2) is 9.75. The van der Waals surface area contributed by atoms with Gasteiger partial charge in [-0.25, -0.2) is 0 Å². The third kappa shape index (κ3) is 5.70. The lowest BCUT2D eigenvalue weighted by molar-refractivity contribution is -0.127. The number of nitrogens with one attached hydrogen (secondary N) is 1. The minimum Gasteiger partial charge on any atom is -0.497 e. The van der Waals surface area contributed by atoms with Gasteiger partial charge in [0.1, 0.15) is 5.75 Å². The van der Waals surface area contributed by atoms with Crippen LogP contribution >= 0.6 is 0 Å². The van der Waals surface area contributed by atoms with Crippen molar-refractivity contribution in [2.75, 3.05) is 47.0 Å². The first kappa shape index (κ1) is 19.7. The van der Waals surface area contributed by atoms with Crippen molar-refractivity contribution in [3.05, 3.63) is 29.8 Å². The molecule has 1 amide bonds. The van der Waals surface area contributed by atoms with Crippen molar-refractivity contribution in [2.45, 2.75) is 32.5 Å². The number of hydrogen-bond donors (Lipinski definition) is 1. The summed E-state index contributed by atoms with van der Waals surface area (Å²) >= 11 is 0. The summed E-state index contributed by atoms with van der Waals surface area (Å²) in [6.07, 6.45) is 0. The minimum absolute atomic E-state index is 0.0698. The van der Waals surface area contributed by atoms with E-state index in [1.165, 1.54) is 0 Å². The van der Waals surface area contributed by atoms with Gasteiger partial charge in [-0.3, -0.25) is 14.6 Å². The molecule has 1 heterocycles. The molecule has 2 rings (SSSR count). The fourth-order valence-corrected chi connectivity index (χ4v) is 3.20. The average molecular weight is 349 g/mol. The summed E-state index contributed by atoms with van der Waals surface area (Å²) in [5, 5.41) is 3.04. The standard InChI is InChI=1S/C19H31N3O3/c1-15-14-22(9-8-21(15)10-11-24-3)16(2)19(23)20-13-17-6-5-7-18(12-17)25-4/h5-7,12,15-16H,8-11,13-14H2,1-4H3,(H,20,23)/t15-,16-/m0/s1. The number of rotatable bonds is 8. The second-order valence-corrected chi connectivity index (χ2v) is 6.62. The molecule has 0 radical (unpaired) electrons. The lowest BCUT2D eigenvalue weighted by Gasteiger charge is -2.41. The second-order valence-electron chi connectivity index (χ2n) is 6.62. The quantitative estimate of drug-likeness (QED) is 0.768. The van der Waals surface area contributed by atoms with E-state index >= 15 is 0 Å². The molecule has 1 fully saturated rings. The largest absolute Gasteiger partial charge is 0.497 e. The highest BCUT2D eigenvalue weighted by atomic mass is 16.5. The van der Waals surface area contributed by atoms with Crippen LogP contribution in [-0.4, -0.2) is 74.8 Å². The SMILES string of the molecule is COCCN1CCN([C@@H](C)C(=O)NCc2cccc(OC)c2)C[C@@H]1C. The average Bonchev–Trinajstić information content (AvgIpc) is 2.64. The van der Waals surface area contributed by atoms with Crippen molar-refractivity contribution in [2.24, 2.45) is 0 Å². The predicted octanol–water partition coefficient (Wildman–Crippen LogP) is 1.35. The Morgan fingerprint density at radius 1 is 1.36 bits per heavy atom. The number of carbonyl (C=O) groups is 1. The Bertz CT molecular complexity index is 552. The number of methoxy groups -OCH3 is 2. The lowest BCUT2D eigenvalue weighted by Crippen LogP contribution is -2.57. The van der Waals surface area contributed by atoms with Gasteiger partial charge >= 0.3 is 0 Å². The molecule has 0 bridgehead atoms. The zero-order valence-corrected chi connectivity index (χ0v) is 15.8. The number of piperazine rings is 1. The molecule has 1 aliphatic heterocycles. The molecule has 6 heteroatoms. The predicted molar refractivity (Wildman–Crippen MR) is 98.8 cm³/mol. The number of amides is 1. The molecule has 2 atom stereocenters. The first-order chi connectivity index (χ1) is 12.0. The summed E-state index contributed by atoms with van der Waals surface area (Å²) in [6, 6.07) is 8.07. The molecule has 25 heavy (non-hydrogen) atoms. The van der Waals surface area contributed by atoms with Crippen molar-refractivity contribution >= 4 is 5.91 Å². The van der Waals surface area contributed by atoms with E-state index in [1.807, 2.05) is 31.2 Å².